The molecule has 1 aliphatic heterocycles. The van der Waals surface area contributed by atoms with E-state index in [1.807, 2.05) is 36.7 Å². The SMILES string of the molecule is Cl.NCC1CCC(C(=O)N(C(=O)[C@@H](N)Cc2ccc(-c3cnc(N4CCOCC4)nc3)cc2)c2ccc(-c3nn[nH]n3)cc2)CC1. The molecule has 2 aromatic carbocycles. The summed E-state index contributed by atoms with van der Waals surface area (Å²) in [7, 11) is 0. The predicted molar refractivity (Wildman–Crippen MR) is 176 cm³/mol. The highest BCUT2D eigenvalue weighted by Crippen LogP contribution is 2.32. The number of amides is 2. The summed E-state index contributed by atoms with van der Waals surface area (Å²) >= 11 is 0. The fourth-order valence-corrected chi connectivity index (χ4v) is 5.97. The number of nitrogens with zero attached hydrogens (tertiary/aromatic N) is 7. The molecular formula is C32H39ClN10O3. The molecule has 242 valence electrons. The standard InChI is InChI=1S/C32H38N10O3.ClH/c33-18-22-3-7-25(8-4-22)30(43)42(27-11-9-24(10-12-27)29-37-39-40-38-29)31(44)28(34)17-21-1-5-23(6-2-21)26-19-35-32(36-20-26)41-13-15-45-16-14-41;/h1-2,5-6,9-12,19-20,22,25,28H,3-4,7-8,13-18,33-34H2,(H,37,38,39,40);1H/t22?,25?,28-;/m0./s1. The minimum atomic E-state index is -0.923. The lowest BCUT2D eigenvalue weighted by Gasteiger charge is -2.32. The van der Waals surface area contributed by atoms with Gasteiger partial charge >= 0.3 is 0 Å². The van der Waals surface area contributed by atoms with Gasteiger partial charge in [0.25, 0.3) is 5.91 Å². The van der Waals surface area contributed by atoms with Crippen LogP contribution in [0.1, 0.15) is 31.2 Å². The maximum atomic E-state index is 13.9. The van der Waals surface area contributed by atoms with E-state index < -0.39 is 11.9 Å². The molecule has 46 heavy (non-hydrogen) atoms. The Labute approximate surface area is 273 Å². The van der Waals surface area contributed by atoms with Gasteiger partial charge < -0.3 is 21.1 Å². The maximum absolute atomic E-state index is 13.9. The van der Waals surface area contributed by atoms with Crippen LogP contribution in [0.5, 0.6) is 0 Å². The number of nitrogens with two attached hydrogens (primary N) is 2. The number of carbonyl (C=O) groups excluding carboxylic acids is 2. The number of hydrogen-bond acceptors (Lipinski definition) is 11. The van der Waals surface area contributed by atoms with Crippen LogP contribution in [0.4, 0.5) is 11.6 Å². The first kappa shape index (κ1) is 33.1. The highest BCUT2D eigenvalue weighted by Gasteiger charge is 2.35. The molecule has 1 saturated carbocycles. The molecule has 0 spiro atoms. The van der Waals surface area contributed by atoms with E-state index in [-0.39, 0.29) is 30.7 Å². The van der Waals surface area contributed by atoms with Gasteiger partial charge in [0, 0.05) is 42.5 Å². The van der Waals surface area contributed by atoms with Crippen LogP contribution in [0.3, 0.4) is 0 Å². The summed E-state index contributed by atoms with van der Waals surface area (Å²) in [4.78, 5) is 40.3. The van der Waals surface area contributed by atoms with Gasteiger partial charge in [0.1, 0.15) is 0 Å². The lowest BCUT2D eigenvalue weighted by atomic mass is 9.81. The van der Waals surface area contributed by atoms with E-state index in [4.69, 9.17) is 16.2 Å². The molecule has 2 aliphatic rings. The summed E-state index contributed by atoms with van der Waals surface area (Å²) < 4.78 is 5.41. The fraction of sp³-hybridized carbons (Fsp3) is 0.406. The van der Waals surface area contributed by atoms with Crippen LogP contribution in [-0.2, 0) is 20.7 Å². The van der Waals surface area contributed by atoms with Gasteiger partial charge in [-0.2, -0.15) is 5.21 Å². The zero-order chi connectivity index (χ0) is 31.2. The molecule has 14 heteroatoms. The maximum Gasteiger partial charge on any atom is 0.251 e. The lowest BCUT2D eigenvalue weighted by Crippen LogP contribution is -2.50. The number of hydrogen-bond donors (Lipinski definition) is 3. The quantitative estimate of drug-likeness (QED) is 0.243. The van der Waals surface area contributed by atoms with E-state index in [1.54, 1.807) is 24.3 Å². The summed E-state index contributed by atoms with van der Waals surface area (Å²) in [5.41, 5.74) is 16.3. The molecule has 5 N–H and O–H groups in total. The number of aromatic nitrogens is 6. The lowest BCUT2D eigenvalue weighted by molar-refractivity contribution is -0.130. The van der Waals surface area contributed by atoms with Crippen molar-refractivity contribution in [2.24, 2.45) is 23.3 Å². The normalized spacial score (nSPS) is 18.8. The second-order valence-corrected chi connectivity index (χ2v) is 11.6. The molecule has 1 saturated heterocycles. The van der Waals surface area contributed by atoms with Gasteiger partial charge in [-0.15, -0.1) is 22.6 Å². The summed E-state index contributed by atoms with van der Waals surface area (Å²) in [5, 5.41) is 14.0. The number of halogens is 1. The van der Waals surface area contributed by atoms with Crippen LogP contribution in [0.15, 0.2) is 60.9 Å². The molecule has 4 aromatic rings. The second-order valence-electron chi connectivity index (χ2n) is 11.6. The predicted octanol–water partition coefficient (Wildman–Crippen LogP) is 2.78. The van der Waals surface area contributed by atoms with Crippen molar-refractivity contribution in [1.82, 2.24) is 30.6 Å². The summed E-state index contributed by atoms with van der Waals surface area (Å²) in [5.74, 6) is 0.590. The Kier molecular flexibility index (Phi) is 11.0. The molecule has 0 radical (unpaired) electrons. The number of carbonyl (C=O) groups is 2. The molecule has 1 atom stereocenters. The number of nitrogens with one attached hydrogen (secondary N) is 1. The highest BCUT2D eigenvalue weighted by molar-refractivity contribution is 6.17. The minimum absolute atomic E-state index is 0. The van der Waals surface area contributed by atoms with Crippen molar-refractivity contribution in [3.63, 3.8) is 0 Å². The minimum Gasteiger partial charge on any atom is -0.378 e. The molecule has 2 amide bonds. The van der Waals surface area contributed by atoms with Gasteiger partial charge in [-0.1, -0.05) is 24.3 Å². The first-order chi connectivity index (χ1) is 22.0. The van der Waals surface area contributed by atoms with Crippen LogP contribution < -0.4 is 21.3 Å². The average Bonchev–Trinajstić information content (AvgIpc) is 3.65. The molecule has 2 aromatic heterocycles. The van der Waals surface area contributed by atoms with Crippen LogP contribution in [0.2, 0.25) is 0 Å². The number of anilines is 2. The monoisotopic (exact) mass is 646 g/mol. The third-order valence-corrected chi connectivity index (χ3v) is 8.69. The van der Waals surface area contributed by atoms with Crippen LogP contribution >= 0.6 is 12.4 Å². The number of imide groups is 1. The largest absolute Gasteiger partial charge is 0.378 e. The van der Waals surface area contributed by atoms with Crippen molar-refractivity contribution in [1.29, 1.82) is 0 Å². The Balaban J connectivity index is 0.00000417. The average molecular weight is 647 g/mol. The summed E-state index contributed by atoms with van der Waals surface area (Å²) in [6.07, 6.45) is 7.03. The third kappa shape index (κ3) is 7.56. The number of tetrazole rings is 1. The van der Waals surface area contributed by atoms with Crippen molar-refractivity contribution in [3.8, 4) is 22.5 Å². The van der Waals surface area contributed by atoms with E-state index in [0.29, 0.717) is 61.5 Å². The van der Waals surface area contributed by atoms with Gasteiger partial charge in [0.2, 0.25) is 17.7 Å². The molecule has 6 rings (SSSR count). The van der Waals surface area contributed by atoms with Crippen LogP contribution in [-0.4, -0.2) is 81.3 Å². The van der Waals surface area contributed by atoms with E-state index in [2.05, 4.69) is 35.5 Å². The summed E-state index contributed by atoms with van der Waals surface area (Å²) in [6.45, 7) is 3.50. The Bertz CT molecular complexity index is 1560. The first-order valence-corrected chi connectivity index (χ1v) is 15.4. The van der Waals surface area contributed by atoms with Gasteiger partial charge in [0.05, 0.1) is 24.9 Å². The topological polar surface area (TPSA) is 182 Å². The number of H-pyrrole nitrogens is 1. The number of rotatable bonds is 9. The Hall–Kier alpha value is -4.30. The third-order valence-electron chi connectivity index (χ3n) is 8.69. The van der Waals surface area contributed by atoms with Crippen molar-refractivity contribution < 1.29 is 14.3 Å². The van der Waals surface area contributed by atoms with Crippen LogP contribution in [0, 0.1) is 11.8 Å². The zero-order valence-corrected chi connectivity index (χ0v) is 26.3. The van der Waals surface area contributed by atoms with E-state index in [9.17, 15) is 9.59 Å². The number of morpholine rings is 1. The van der Waals surface area contributed by atoms with Crippen molar-refractivity contribution in [2.75, 3.05) is 42.6 Å². The zero-order valence-electron chi connectivity index (χ0n) is 25.5. The molecule has 0 bridgehead atoms. The van der Waals surface area contributed by atoms with Gasteiger partial charge in [-0.25, -0.2) is 14.9 Å². The van der Waals surface area contributed by atoms with E-state index in [1.165, 1.54) is 4.90 Å². The molecule has 2 fully saturated rings. The Morgan fingerprint density at radius 2 is 1.59 bits per heavy atom. The molecular weight excluding hydrogens is 608 g/mol. The number of benzene rings is 2. The molecule has 0 unspecified atom stereocenters. The Morgan fingerprint density at radius 3 is 2.20 bits per heavy atom. The molecule has 13 nitrogen and oxygen atoms in total. The molecule has 1 aliphatic carbocycles. The highest BCUT2D eigenvalue weighted by atomic mass is 35.5. The molecule has 3 heterocycles. The van der Waals surface area contributed by atoms with Crippen molar-refractivity contribution in [2.45, 2.75) is 38.1 Å². The summed E-state index contributed by atoms with van der Waals surface area (Å²) in [6, 6.07) is 13.9. The first-order valence-electron chi connectivity index (χ1n) is 15.4. The van der Waals surface area contributed by atoms with Crippen molar-refractivity contribution >= 4 is 35.9 Å². The fourth-order valence-electron chi connectivity index (χ4n) is 5.97. The van der Waals surface area contributed by atoms with Crippen LogP contribution in [0.25, 0.3) is 22.5 Å². The van der Waals surface area contributed by atoms with E-state index in [0.717, 1.165) is 42.6 Å². The van der Waals surface area contributed by atoms with Crippen molar-refractivity contribution in [3.05, 3.63) is 66.5 Å². The van der Waals surface area contributed by atoms with Gasteiger partial charge in [-0.05, 0) is 85.2 Å². The number of aromatic amines is 1. The van der Waals surface area contributed by atoms with Gasteiger partial charge in [0.15, 0.2) is 0 Å². The second kappa shape index (κ2) is 15.3. The van der Waals surface area contributed by atoms with E-state index >= 15 is 0 Å². The van der Waals surface area contributed by atoms with Gasteiger partial charge in [-0.3, -0.25) is 9.59 Å². The smallest absolute Gasteiger partial charge is 0.251 e. The Morgan fingerprint density at radius 1 is 0.935 bits per heavy atom. The number of ether oxygens (including phenoxy) is 1.